The first-order valence-electron chi connectivity index (χ1n) is 5.16. The molecule has 1 unspecified atom stereocenters. The molecule has 0 radical (unpaired) electrons. The van der Waals surface area contributed by atoms with Crippen molar-refractivity contribution in [1.29, 1.82) is 0 Å². The van der Waals surface area contributed by atoms with Gasteiger partial charge in [-0.05, 0) is 17.7 Å². The van der Waals surface area contributed by atoms with Crippen LogP contribution in [0, 0.1) is 0 Å². The van der Waals surface area contributed by atoms with Crippen LogP contribution in [0.5, 0.6) is 0 Å². The van der Waals surface area contributed by atoms with Gasteiger partial charge in [-0.3, -0.25) is 0 Å². The Morgan fingerprint density at radius 1 is 1.38 bits per heavy atom. The summed E-state index contributed by atoms with van der Waals surface area (Å²) in [4.78, 5) is 4.18. The summed E-state index contributed by atoms with van der Waals surface area (Å²) in [5, 5.41) is 10.0. The summed E-state index contributed by atoms with van der Waals surface area (Å²) in [5.41, 5.74) is 7.15. The van der Waals surface area contributed by atoms with Crippen molar-refractivity contribution in [3.63, 3.8) is 0 Å². The number of benzene rings is 1. The molecular formula is C12H15N3O. The Labute approximate surface area is 94.4 Å². The van der Waals surface area contributed by atoms with E-state index in [1.807, 2.05) is 29.9 Å². The number of aryl methyl sites for hydroxylation is 1. The summed E-state index contributed by atoms with van der Waals surface area (Å²) < 4.78 is 1.90. The van der Waals surface area contributed by atoms with E-state index < -0.39 is 6.10 Å². The number of aliphatic hydroxyl groups excluding tert-OH is 1. The maximum Gasteiger partial charge on any atom is 0.111 e. The summed E-state index contributed by atoms with van der Waals surface area (Å²) in [7, 11) is 1.91. The zero-order valence-electron chi connectivity index (χ0n) is 9.17. The second-order valence-corrected chi connectivity index (χ2v) is 3.84. The highest BCUT2D eigenvalue weighted by Gasteiger charge is 2.10. The fourth-order valence-corrected chi connectivity index (χ4v) is 1.60. The van der Waals surface area contributed by atoms with Gasteiger partial charge >= 0.3 is 0 Å². The number of hydrogen-bond acceptors (Lipinski definition) is 3. The van der Waals surface area contributed by atoms with Gasteiger partial charge in [-0.15, -0.1) is 0 Å². The van der Waals surface area contributed by atoms with Gasteiger partial charge in [0.05, 0.1) is 6.10 Å². The SMILES string of the molecule is Cn1ccnc1CC(O)c1ccc(N)cc1. The Balaban J connectivity index is 2.11. The predicted octanol–water partition coefficient (Wildman–Crippen LogP) is 1.28. The minimum Gasteiger partial charge on any atom is -0.399 e. The number of nitrogens with zero attached hydrogens (tertiary/aromatic N) is 2. The first-order chi connectivity index (χ1) is 7.66. The number of nitrogen functional groups attached to an aromatic ring is 1. The van der Waals surface area contributed by atoms with Crippen LogP contribution in [0.1, 0.15) is 17.5 Å². The molecule has 16 heavy (non-hydrogen) atoms. The molecule has 1 aromatic carbocycles. The Morgan fingerprint density at radius 2 is 2.06 bits per heavy atom. The van der Waals surface area contributed by atoms with Crippen LogP contribution in [0.2, 0.25) is 0 Å². The molecule has 4 heteroatoms. The van der Waals surface area contributed by atoms with Crippen LogP contribution in [0.25, 0.3) is 0 Å². The number of aliphatic hydroxyl groups is 1. The van der Waals surface area contributed by atoms with E-state index >= 15 is 0 Å². The van der Waals surface area contributed by atoms with Gasteiger partial charge < -0.3 is 15.4 Å². The van der Waals surface area contributed by atoms with Crippen molar-refractivity contribution in [2.45, 2.75) is 12.5 Å². The second-order valence-electron chi connectivity index (χ2n) is 3.84. The molecule has 84 valence electrons. The van der Waals surface area contributed by atoms with Crippen LogP contribution in [0.4, 0.5) is 5.69 Å². The number of imidazole rings is 1. The van der Waals surface area contributed by atoms with Crippen LogP contribution in [0.15, 0.2) is 36.7 Å². The molecule has 0 saturated heterocycles. The summed E-state index contributed by atoms with van der Waals surface area (Å²) in [6.07, 6.45) is 3.56. The van der Waals surface area contributed by atoms with Crippen LogP contribution >= 0.6 is 0 Å². The van der Waals surface area contributed by atoms with Crippen molar-refractivity contribution in [2.75, 3.05) is 5.73 Å². The van der Waals surface area contributed by atoms with Gasteiger partial charge in [0.2, 0.25) is 0 Å². The summed E-state index contributed by atoms with van der Waals surface area (Å²) in [6.45, 7) is 0. The third-order valence-corrected chi connectivity index (χ3v) is 2.62. The van der Waals surface area contributed by atoms with Crippen LogP contribution in [0.3, 0.4) is 0 Å². The van der Waals surface area contributed by atoms with Gasteiger partial charge in [-0.1, -0.05) is 12.1 Å². The standard InChI is InChI=1S/C12H15N3O/c1-15-7-6-14-12(15)8-11(16)9-2-4-10(13)5-3-9/h2-7,11,16H,8,13H2,1H3. The van der Waals surface area contributed by atoms with Crippen LogP contribution in [-0.4, -0.2) is 14.7 Å². The Bertz CT molecular complexity index is 461. The molecule has 0 fully saturated rings. The number of hydrogen-bond donors (Lipinski definition) is 2. The van der Waals surface area contributed by atoms with Gasteiger partial charge in [0.25, 0.3) is 0 Å². The second kappa shape index (κ2) is 4.37. The molecule has 4 nitrogen and oxygen atoms in total. The number of rotatable bonds is 3. The minimum atomic E-state index is -0.540. The zero-order chi connectivity index (χ0) is 11.5. The van der Waals surface area contributed by atoms with E-state index in [0.29, 0.717) is 12.1 Å². The Hall–Kier alpha value is -1.81. The molecule has 0 amide bonds. The van der Waals surface area contributed by atoms with Crippen molar-refractivity contribution in [3.05, 3.63) is 48.0 Å². The monoisotopic (exact) mass is 217 g/mol. The number of aromatic nitrogens is 2. The normalized spacial score (nSPS) is 12.6. The van der Waals surface area contributed by atoms with E-state index in [0.717, 1.165) is 11.4 Å². The predicted molar refractivity (Wildman–Crippen MR) is 62.7 cm³/mol. The number of nitrogens with two attached hydrogens (primary N) is 1. The van der Waals surface area contributed by atoms with Crippen LogP contribution < -0.4 is 5.73 Å². The van der Waals surface area contributed by atoms with Gasteiger partial charge in [0, 0.05) is 31.5 Å². The average Bonchev–Trinajstić information content (AvgIpc) is 2.65. The lowest BCUT2D eigenvalue weighted by atomic mass is 10.1. The Kier molecular flexibility index (Phi) is 2.92. The molecule has 1 atom stereocenters. The molecule has 2 rings (SSSR count). The zero-order valence-corrected chi connectivity index (χ0v) is 9.17. The highest BCUT2D eigenvalue weighted by molar-refractivity contribution is 5.39. The number of anilines is 1. The van der Waals surface area contributed by atoms with E-state index in [9.17, 15) is 5.11 Å². The molecular weight excluding hydrogens is 202 g/mol. The lowest BCUT2D eigenvalue weighted by Crippen LogP contribution is -2.06. The van der Waals surface area contributed by atoms with E-state index in [-0.39, 0.29) is 0 Å². The lowest BCUT2D eigenvalue weighted by molar-refractivity contribution is 0.175. The molecule has 0 bridgehead atoms. The van der Waals surface area contributed by atoms with Crippen molar-refractivity contribution in [1.82, 2.24) is 9.55 Å². The largest absolute Gasteiger partial charge is 0.399 e. The van der Waals surface area contributed by atoms with E-state index in [2.05, 4.69) is 4.98 Å². The quantitative estimate of drug-likeness (QED) is 0.761. The first-order valence-corrected chi connectivity index (χ1v) is 5.16. The molecule has 1 aromatic heterocycles. The fraction of sp³-hybridized carbons (Fsp3) is 0.250. The fourth-order valence-electron chi connectivity index (χ4n) is 1.60. The van der Waals surface area contributed by atoms with Crippen molar-refractivity contribution >= 4 is 5.69 Å². The molecule has 3 N–H and O–H groups in total. The molecule has 0 aliphatic rings. The molecule has 2 aromatic rings. The highest BCUT2D eigenvalue weighted by Crippen LogP contribution is 2.18. The van der Waals surface area contributed by atoms with Crippen molar-refractivity contribution in [2.24, 2.45) is 7.05 Å². The van der Waals surface area contributed by atoms with Gasteiger partial charge in [0.15, 0.2) is 0 Å². The minimum absolute atomic E-state index is 0.507. The smallest absolute Gasteiger partial charge is 0.111 e. The maximum absolute atomic E-state index is 10.0. The molecule has 0 saturated carbocycles. The Morgan fingerprint density at radius 3 is 2.62 bits per heavy atom. The van der Waals surface area contributed by atoms with Gasteiger partial charge in [-0.2, -0.15) is 0 Å². The van der Waals surface area contributed by atoms with Crippen molar-refractivity contribution in [3.8, 4) is 0 Å². The first kappa shape index (κ1) is 10.7. The summed E-state index contributed by atoms with van der Waals surface area (Å²) >= 11 is 0. The third-order valence-electron chi connectivity index (χ3n) is 2.62. The van der Waals surface area contributed by atoms with Gasteiger partial charge in [-0.25, -0.2) is 4.98 Å². The molecule has 0 aliphatic carbocycles. The van der Waals surface area contributed by atoms with Gasteiger partial charge in [0.1, 0.15) is 5.82 Å². The maximum atomic E-state index is 10.0. The summed E-state index contributed by atoms with van der Waals surface area (Å²) in [6, 6.07) is 7.25. The van der Waals surface area contributed by atoms with Crippen LogP contribution in [-0.2, 0) is 13.5 Å². The molecule has 0 spiro atoms. The lowest BCUT2D eigenvalue weighted by Gasteiger charge is -2.10. The highest BCUT2D eigenvalue weighted by atomic mass is 16.3. The van der Waals surface area contributed by atoms with E-state index in [4.69, 9.17) is 5.73 Å². The molecule has 0 aliphatic heterocycles. The molecule has 1 heterocycles. The topological polar surface area (TPSA) is 64.1 Å². The average molecular weight is 217 g/mol. The van der Waals surface area contributed by atoms with Crippen molar-refractivity contribution < 1.29 is 5.11 Å². The van der Waals surface area contributed by atoms with E-state index in [1.165, 1.54) is 0 Å². The third kappa shape index (κ3) is 2.23. The summed E-state index contributed by atoms with van der Waals surface area (Å²) in [5.74, 6) is 0.865. The van der Waals surface area contributed by atoms with E-state index in [1.54, 1.807) is 18.3 Å².